The van der Waals surface area contributed by atoms with Gasteiger partial charge in [0.15, 0.2) is 0 Å². The molecular formula is C43H53N5O5. The summed E-state index contributed by atoms with van der Waals surface area (Å²) in [5.74, 6) is -0.614. The van der Waals surface area contributed by atoms with Crippen molar-refractivity contribution < 1.29 is 19.1 Å². The van der Waals surface area contributed by atoms with Crippen LogP contribution in [0.4, 0.5) is 10.5 Å². The van der Waals surface area contributed by atoms with Gasteiger partial charge in [-0.3, -0.25) is 14.4 Å². The van der Waals surface area contributed by atoms with Gasteiger partial charge in [-0.25, -0.2) is 4.79 Å². The van der Waals surface area contributed by atoms with E-state index in [4.69, 9.17) is 10.5 Å². The fraction of sp³-hybridized carbons (Fsp3) is 0.442. The molecule has 1 fully saturated rings. The third-order valence-electron chi connectivity index (χ3n) is 10.9. The maximum absolute atomic E-state index is 14.1. The number of hydrogen-bond acceptors (Lipinski definition) is 6. The summed E-state index contributed by atoms with van der Waals surface area (Å²) < 4.78 is 7.58. The van der Waals surface area contributed by atoms with Crippen LogP contribution in [0.2, 0.25) is 0 Å². The van der Waals surface area contributed by atoms with Gasteiger partial charge in [0.1, 0.15) is 18.7 Å². The van der Waals surface area contributed by atoms with Crippen LogP contribution in [0.15, 0.2) is 77.6 Å². The number of rotatable bonds is 15. The third-order valence-corrected chi connectivity index (χ3v) is 10.9. The predicted molar refractivity (Wildman–Crippen MR) is 210 cm³/mol. The highest BCUT2D eigenvalue weighted by Crippen LogP contribution is 2.44. The number of carbonyl (C=O) groups excluding carboxylic acids is 3. The lowest BCUT2D eigenvalue weighted by atomic mass is 9.84. The number of alkyl carbamates (subject to hydrolysis) is 1. The Labute approximate surface area is 311 Å². The molecule has 1 heterocycles. The molecule has 2 aliphatic carbocycles. The first-order valence-corrected chi connectivity index (χ1v) is 19.3. The lowest BCUT2D eigenvalue weighted by Gasteiger charge is -2.28. The number of benzene rings is 3. The molecule has 0 spiro atoms. The molecule has 4 aromatic rings. The Bertz CT molecular complexity index is 1940. The Kier molecular flexibility index (Phi) is 12.6. The monoisotopic (exact) mass is 719 g/mol. The molecule has 2 aliphatic rings. The zero-order valence-electron chi connectivity index (χ0n) is 31.0. The van der Waals surface area contributed by atoms with Gasteiger partial charge in [-0.2, -0.15) is 0 Å². The Hall–Kier alpha value is -4.96. The van der Waals surface area contributed by atoms with E-state index in [9.17, 15) is 19.2 Å². The van der Waals surface area contributed by atoms with E-state index in [2.05, 4.69) is 40.2 Å². The van der Waals surface area contributed by atoms with Crippen molar-refractivity contribution in [1.29, 1.82) is 0 Å². The van der Waals surface area contributed by atoms with E-state index in [1.54, 1.807) is 10.6 Å². The molecule has 0 unspecified atom stereocenters. The minimum absolute atomic E-state index is 0.0832. The lowest BCUT2D eigenvalue weighted by molar-refractivity contribution is -0.128. The summed E-state index contributed by atoms with van der Waals surface area (Å²) in [6, 6.07) is 21.8. The number of hydrogen-bond donors (Lipinski definition) is 4. The van der Waals surface area contributed by atoms with Gasteiger partial charge in [-0.05, 0) is 91.4 Å². The molecule has 1 saturated carbocycles. The van der Waals surface area contributed by atoms with Crippen molar-refractivity contribution in [2.45, 2.75) is 103 Å². The van der Waals surface area contributed by atoms with Gasteiger partial charge < -0.3 is 31.0 Å². The van der Waals surface area contributed by atoms with Crippen molar-refractivity contribution >= 4 is 34.5 Å². The van der Waals surface area contributed by atoms with Crippen LogP contribution in [-0.2, 0) is 20.9 Å². The first-order valence-electron chi connectivity index (χ1n) is 19.3. The molecule has 3 aromatic carbocycles. The van der Waals surface area contributed by atoms with E-state index in [1.807, 2.05) is 56.3 Å². The average Bonchev–Trinajstić information content (AvgIpc) is 3.48. The molecule has 0 saturated heterocycles. The van der Waals surface area contributed by atoms with E-state index in [0.717, 1.165) is 70.8 Å². The zero-order chi connectivity index (χ0) is 37.3. The summed E-state index contributed by atoms with van der Waals surface area (Å²) in [4.78, 5) is 54.2. The second-order valence-corrected chi connectivity index (χ2v) is 14.6. The molecule has 5 N–H and O–H groups in total. The normalized spacial score (nSPS) is 15.3. The second kappa shape index (κ2) is 17.7. The molecular weight excluding hydrogens is 667 g/mol. The molecule has 280 valence electrons. The largest absolute Gasteiger partial charge is 0.449 e. The topological polar surface area (TPSA) is 145 Å². The van der Waals surface area contributed by atoms with Crippen LogP contribution in [0.25, 0.3) is 22.0 Å². The zero-order valence-corrected chi connectivity index (χ0v) is 31.0. The minimum Gasteiger partial charge on any atom is -0.449 e. The summed E-state index contributed by atoms with van der Waals surface area (Å²) in [6.45, 7) is 5.09. The lowest BCUT2D eigenvalue weighted by Crippen LogP contribution is -2.53. The predicted octanol–water partition coefficient (Wildman–Crippen LogP) is 7.15. The minimum atomic E-state index is -0.870. The number of nitrogens with two attached hydrogens (primary N) is 1. The highest BCUT2D eigenvalue weighted by molar-refractivity contribution is 5.99. The van der Waals surface area contributed by atoms with Crippen LogP contribution in [0.1, 0.15) is 93.7 Å². The highest BCUT2D eigenvalue weighted by Gasteiger charge is 2.32. The van der Waals surface area contributed by atoms with Crippen molar-refractivity contribution in [3.8, 4) is 11.1 Å². The standard InChI is InChI=1S/C43H53N5O5/c1-3-23-48-39-26-30(20-21-31(39)28(2)24-40(48)49)45-41(50)37(19-11-12-22-44)46-42(51)38(25-29-13-5-4-6-14-29)47-43(52)53-27-36-34-17-9-7-15-32(34)33-16-8-10-18-35(33)36/h7-10,15-18,20-21,24,26,29,36-38H,3-6,11-14,19,22-23,25,27,44H2,1-2H3,(H,45,50)(H,46,51)(H,47,52)/t37-,38-/m0/s1. The number of aromatic nitrogens is 1. The van der Waals surface area contributed by atoms with E-state index < -0.39 is 24.1 Å². The molecule has 3 amide bonds. The number of fused-ring (bicyclic) bond motifs is 4. The summed E-state index contributed by atoms with van der Waals surface area (Å²) >= 11 is 0. The molecule has 0 bridgehead atoms. The second-order valence-electron chi connectivity index (χ2n) is 14.6. The maximum atomic E-state index is 14.1. The average molecular weight is 720 g/mol. The summed E-state index contributed by atoms with van der Waals surface area (Å²) in [5, 5.41) is 9.80. The van der Waals surface area contributed by atoms with E-state index in [0.29, 0.717) is 44.5 Å². The number of aryl methyl sites for hydroxylation is 2. The Balaban J connectivity index is 1.17. The quantitative estimate of drug-likeness (QED) is 0.0961. The van der Waals surface area contributed by atoms with Gasteiger partial charge in [0.05, 0.1) is 5.52 Å². The fourth-order valence-electron chi connectivity index (χ4n) is 8.11. The van der Waals surface area contributed by atoms with Gasteiger partial charge >= 0.3 is 6.09 Å². The summed E-state index contributed by atoms with van der Waals surface area (Å²) in [7, 11) is 0. The number of pyridine rings is 1. The van der Waals surface area contributed by atoms with Crippen molar-refractivity contribution in [2.24, 2.45) is 11.7 Å². The van der Waals surface area contributed by atoms with Crippen LogP contribution >= 0.6 is 0 Å². The SMILES string of the molecule is CCCn1c(=O)cc(C)c2ccc(NC(=O)[C@H](CCCCN)NC(=O)[C@H](CC3CCCCC3)NC(=O)OCC3c4ccccc4-c4ccccc43)cc21. The molecule has 0 radical (unpaired) electrons. The molecule has 53 heavy (non-hydrogen) atoms. The molecule has 10 heteroatoms. The number of anilines is 1. The number of ether oxygens (including phenoxy) is 1. The number of nitrogens with one attached hydrogen (secondary N) is 3. The van der Waals surface area contributed by atoms with E-state index in [-0.39, 0.29) is 29.9 Å². The van der Waals surface area contributed by atoms with Crippen molar-refractivity contribution in [3.63, 3.8) is 0 Å². The Morgan fingerprint density at radius 2 is 1.57 bits per heavy atom. The third kappa shape index (κ3) is 8.99. The smallest absolute Gasteiger partial charge is 0.407 e. The van der Waals surface area contributed by atoms with Crippen LogP contribution in [0, 0.1) is 12.8 Å². The highest BCUT2D eigenvalue weighted by atomic mass is 16.5. The Morgan fingerprint density at radius 1 is 0.868 bits per heavy atom. The van der Waals surface area contributed by atoms with Gasteiger partial charge in [-0.1, -0.05) is 93.6 Å². The van der Waals surface area contributed by atoms with Gasteiger partial charge in [0, 0.05) is 29.6 Å². The van der Waals surface area contributed by atoms with E-state index >= 15 is 0 Å². The number of unbranched alkanes of at least 4 members (excludes halogenated alkanes) is 1. The summed E-state index contributed by atoms with van der Waals surface area (Å²) in [6.07, 6.45) is 7.62. The molecule has 0 aliphatic heterocycles. The van der Waals surface area contributed by atoms with Gasteiger partial charge in [0.2, 0.25) is 11.8 Å². The first-order chi connectivity index (χ1) is 25.8. The fourth-order valence-corrected chi connectivity index (χ4v) is 8.11. The van der Waals surface area contributed by atoms with Crippen LogP contribution < -0.4 is 27.2 Å². The van der Waals surface area contributed by atoms with Crippen LogP contribution in [0.3, 0.4) is 0 Å². The summed E-state index contributed by atoms with van der Waals surface area (Å²) in [5.41, 5.74) is 12.4. The maximum Gasteiger partial charge on any atom is 0.407 e. The molecule has 10 nitrogen and oxygen atoms in total. The molecule has 2 atom stereocenters. The number of nitrogens with zero attached hydrogens (tertiary/aromatic N) is 1. The van der Waals surface area contributed by atoms with Crippen molar-refractivity contribution in [2.75, 3.05) is 18.5 Å². The number of carbonyl (C=O) groups is 3. The number of amides is 3. The van der Waals surface area contributed by atoms with Gasteiger partial charge in [0.25, 0.3) is 5.56 Å². The van der Waals surface area contributed by atoms with Crippen molar-refractivity contribution in [3.05, 3.63) is 99.8 Å². The van der Waals surface area contributed by atoms with E-state index in [1.165, 1.54) is 6.42 Å². The van der Waals surface area contributed by atoms with Gasteiger partial charge in [-0.15, -0.1) is 0 Å². The Morgan fingerprint density at radius 3 is 2.25 bits per heavy atom. The molecule has 1 aromatic heterocycles. The molecule has 6 rings (SSSR count). The first kappa shape index (κ1) is 37.8. The van der Waals surface area contributed by atoms with Crippen molar-refractivity contribution in [1.82, 2.24) is 15.2 Å². The van der Waals surface area contributed by atoms with Crippen LogP contribution in [0.5, 0.6) is 0 Å². The van der Waals surface area contributed by atoms with Crippen LogP contribution in [-0.4, -0.2) is 47.7 Å².